The summed E-state index contributed by atoms with van der Waals surface area (Å²) in [6, 6.07) is 20.3. The zero-order valence-corrected chi connectivity index (χ0v) is 12.8. The summed E-state index contributed by atoms with van der Waals surface area (Å²) in [5.41, 5.74) is 2.73. The van der Waals surface area contributed by atoms with Crippen molar-refractivity contribution in [3.63, 3.8) is 0 Å². The average molecular weight is 323 g/mol. The first-order valence-corrected chi connectivity index (χ1v) is 7.75. The highest BCUT2D eigenvalue weighted by molar-refractivity contribution is 7.15. The summed E-state index contributed by atoms with van der Waals surface area (Å²) in [4.78, 5) is 23.6. The molecule has 1 aromatic heterocycles. The minimum absolute atomic E-state index is 0.146. The number of rotatable bonds is 4. The van der Waals surface area contributed by atoms with Gasteiger partial charge >= 0.3 is 5.97 Å². The smallest absolute Gasteiger partial charge is 0.345 e. The molecule has 0 unspecified atom stereocenters. The number of hydrogen-bond donors (Lipinski definition) is 2. The van der Waals surface area contributed by atoms with Crippen LogP contribution in [0.5, 0.6) is 0 Å². The van der Waals surface area contributed by atoms with Crippen LogP contribution in [0.15, 0.2) is 66.7 Å². The molecule has 3 aromatic rings. The molecule has 4 nitrogen and oxygen atoms in total. The molecule has 2 N–H and O–H groups in total. The fraction of sp³-hybridized carbons (Fsp3) is 0. The number of carboxylic acid groups (broad SMARTS) is 1. The first-order chi connectivity index (χ1) is 11.1. The number of hydrogen-bond acceptors (Lipinski definition) is 3. The first kappa shape index (κ1) is 15.0. The maximum atomic E-state index is 12.2. The predicted octanol–water partition coefficient (Wildman–Crippen LogP) is 4.37. The molecule has 0 spiro atoms. The second kappa shape index (κ2) is 6.46. The summed E-state index contributed by atoms with van der Waals surface area (Å²) >= 11 is 0.957. The van der Waals surface area contributed by atoms with E-state index in [1.807, 2.05) is 48.5 Å². The van der Waals surface area contributed by atoms with Crippen LogP contribution in [0.25, 0.3) is 11.1 Å². The lowest BCUT2D eigenvalue weighted by atomic mass is 10.1. The van der Waals surface area contributed by atoms with Gasteiger partial charge in [0.05, 0.1) is 4.88 Å². The van der Waals surface area contributed by atoms with Gasteiger partial charge in [-0.15, -0.1) is 11.3 Å². The number of carboxylic acids is 1. The van der Waals surface area contributed by atoms with E-state index < -0.39 is 5.97 Å². The van der Waals surface area contributed by atoms with Crippen LogP contribution in [0.1, 0.15) is 19.3 Å². The van der Waals surface area contributed by atoms with E-state index in [1.165, 1.54) is 12.1 Å². The Hall–Kier alpha value is -2.92. The number of benzene rings is 2. The maximum Gasteiger partial charge on any atom is 0.345 e. The lowest BCUT2D eigenvalue weighted by Gasteiger charge is -2.07. The largest absolute Gasteiger partial charge is 0.477 e. The van der Waals surface area contributed by atoms with Gasteiger partial charge in [-0.1, -0.05) is 42.5 Å². The number of amides is 1. The lowest BCUT2D eigenvalue weighted by Crippen LogP contribution is -2.10. The zero-order chi connectivity index (χ0) is 16.2. The minimum Gasteiger partial charge on any atom is -0.477 e. The van der Waals surface area contributed by atoms with Crippen molar-refractivity contribution in [1.29, 1.82) is 0 Å². The molecule has 0 aliphatic rings. The fourth-order valence-electron chi connectivity index (χ4n) is 2.17. The van der Waals surface area contributed by atoms with Crippen molar-refractivity contribution in [3.05, 3.63) is 76.5 Å². The van der Waals surface area contributed by atoms with E-state index in [-0.39, 0.29) is 10.8 Å². The van der Waals surface area contributed by atoms with Gasteiger partial charge in [-0.05, 0) is 35.4 Å². The van der Waals surface area contributed by atoms with Crippen molar-refractivity contribution in [2.45, 2.75) is 0 Å². The number of carbonyl (C=O) groups is 2. The summed E-state index contributed by atoms with van der Waals surface area (Å²) < 4.78 is 0. The Bertz CT molecular complexity index is 855. The summed E-state index contributed by atoms with van der Waals surface area (Å²) in [5.74, 6) is -1.34. The van der Waals surface area contributed by atoms with Gasteiger partial charge in [0, 0.05) is 5.69 Å². The SMILES string of the molecule is O=C(O)c1ccc(C(=O)Nc2cccc(-c3ccccc3)c2)s1. The number of thiophene rings is 1. The molecule has 23 heavy (non-hydrogen) atoms. The van der Waals surface area contributed by atoms with E-state index in [1.54, 1.807) is 6.07 Å². The molecule has 2 aromatic carbocycles. The second-order valence-corrected chi connectivity index (χ2v) is 5.95. The van der Waals surface area contributed by atoms with Gasteiger partial charge in [-0.25, -0.2) is 4.79 Å². The molecule has 0 bridgehead atoms. The van der Waals surface area contributed by atoms with Gasteiger partial charge in [-0.2, -0.15) is 0 Å². The summed E-state index contributed by atoms with van der Waals surface area (Å²) in [5, 5.41) is 11.7. The molecular weight excluding hydrogens is 310 g/mol. The van der Waals surface area contributed by atoms with Crippen molar-refractivity contribution < 1.29 is 14.7 Å². The fourth-order valence-corrected chi connectivity index (χ4v) is 2.91. The van der Waals surface area contributed by atoms with Crippen LogP contribution in [0.4, 0.5) is 5.69 Å². The molecule has 0 saturated heterocycles. The number of nitrogens with one attached hydrogen (secondary N) is 1. The highest BCUT2D eigenvalue weighted by Gasteiger charge is 2.13. The Balaban J connectivity index is 1.80. The Kier molecular flexibility index (Phi) is 4.21. The van der Waals surface area contributed by atoms with Gasteiger partial charge in [0.1, 0.15) is 4.88 Å². The minimum atomic E-state index is -1.03. The summed E-state index contributed by atoms with van der Waals surface area (Å²) in [6.45, 7) is 0. The molecule has 1 amide bonds. The molecule has 3 rings (SSSR count). The third-order valence-electron chi connectivity index (χ3n) is 3.27. The molecule has 0 aliphatic heterocycles. The topological polar surface area (TPSA) is 66.4 Å². The number of aromatic carboxylic acids is 1. The number of carbonyl (C=O) groups excluding carboxylic acids is 1. The van der Waals surface area contributed by atoms with Crippen LogP contribution < -0.4 is 5.32 Å². The highest BCUT2D eigenvalue weighted by Crippen LogP contribution is 2.23. The highest BCUT2D eigenvalue weighted by atomic mass is 32.1. The van der Waals surface area contributed by atoms with Crippen molar-refractivity contribution >= 4 is 28.9 Å². The van der Waals surface area contributed by atoms with Crippen LogP contribution in [0, 0.1) is 0 Å². The third kappa shape index (κ3) is 3.46. The van der Waals surface area contributed by atoms with Crippen molar-refractivity contribution in [2.75, 3.05) is 5.32 Å². The van der Waals surface area contributed by atoms with E-state index in [9.17, 15) is 9.59 Å². The van der Waals surface area contributed by atoms with Crippen molar-refractivity contribution in [1.82, 2.24) is 0 Å². The molecule has 0 radical (unpaired) electrons. The van der Waals surface area contributed by atoms with Gasteiger partial charge in [-0.3, -0.25) is 4.79 Å². The molecule has 114 valence electrons. The van der Waals surface area contributed by atoms with E-state index in [2.05, 4.69) is 5.32 Å². The lowest BCUT2D eigenvalue weighted by molar-refractivity contribution is 0.0702. The Morgan fingerprint density at radius 3 is 2.22 bits per heavy atom. The monoisotopic (exact) mass is 323 g/mol. The van der Waals surface area contributed by atoms with Crippen LogP contribution in [0.2, 0.25) is 0 Å². The molecule has 0 fully saturated rings. The van der Waals surface area contributed by atoms with Gasteiger partial charge in [0.15, 0.2) is 0 Å². The molecule has 0 aliphatic carbocycles. The van der Waals surface area contributed by atoms with Gasteiger partial charge < -0.3 is 10.4 Å². The number of anilines is 1. The normalized spacial score (nSPS) is 10.3. The Labute approximate surface area is 137 Å². The summed E-state index contributed by atoms with van der Waals surface area (Å²) in [7, 11) is 0. The molecule has 0 atom stereocenters. The maximum absolute atomic E-state index is 12.2. The second-order valence-electron chi connectivity index (χ2n) is 4.87. The molecule has 5 heteroatoms. The predicted molar refractivity (Wildman–Crippen MR) is 91.1 cm³/mol. The molecule has 1 heterocycles. The average Bonchev–Trinajstić information content (AvgIpc) is 3.06. The van der Waals surface area contributed by atoms with E-state index in [0.29, 0.717) is 10.6 Å². The third-order valence-corrected chi connectivity index (χ3v) is 4.34. The van der Waals surface area contributed by atoms with Crippen LogP contribution in [-0.2, 0) is 0 Å². The van der Waals surface area contributed by atoms with E-state index in [4.69, 9.17) is 5.11 Å². The quantitative estimate of drug-likeness (QED) is 0.749. The van der Waals surface area contributed by atoms with Crippen LogP contribution in [0.3, 0.4) is 0 Å². The Morgan fingerprint density at radius 1 is 0.826 bits per heavy atom. The van der Waals surface area contributed by atoms with Gasteiger partial charge in [0.25, 0.3) is 5.91 Å². The summed E-state index contributed by atoms with van der Waals surface area (Å²) in [6.07, 6.45) is 0. The standard InChI is InChI=1S/C18H13NO3S/c20-17(15-9-10-16(23-15)18(21)22)19-14-8-4-7-13(11-14)12-5-2-1-3-6-12/h1-11H,(H,19,20)(H,21,22). The van der Waals surface area contributed by atoms with Crippen molar-refractivity contribution in [2.24, 2.45) is 0 Å². The first-order valence-electron chi connectivity index (χ1n) is 6.93. The molecular formula is C18H13NO3S. The zero-order valence-electron chi connectivity index (χ0n) is 12.0. The van der Waals surface area contributed by atoms with E-state index >= 15 is 0 Å². The van der Waals surface area contributed by atoms with Crippen LogP contribution >= 0.6 is 11.3 Å². The van der Waals surface area contributed by atoms with Crippen molar-refractivity contribution in [3.8, 4) is 11.1 Å². The Morgan fingerprint density at radius 2 is 1.52 bits per heavy atom. The van der Waals surface area contributed by atoms with Crippen LogP contribution in [-0.4, -0.2) is 17.0 Å². The molecule has 0 saturated carbocycles. The van der Waals surface area contributed by atoms with Gasteiger partial charge in [0.2, 0.25) is 0 Å². The van der Waals surface area contributed by atoms with E-state index in [0.717, 1.165) is 22.5 Å².